The zero-order valence-electron chi connectivity index (χ0n) is 10.9. The lowest BCUT2D eigenvalue weighted by molar-refractivity contribution is 0.0561. The third-order valence-electron chi connectivity index (χ3n) is 3.56. The number of rotatable bonds is 4. The minimum atomic E-state index is -0.436. The van der Waals surface area contributed by atoms with E-state index >= 15 is 0 Å². The first-order chi connectivity index (χ1) is 8.56. The second kappa shape index (κ2) is 5.12. The maximum atomic E-state index is 11.3. The number of ether oxygens (including phenoxy) is 1. The summed E-state index contributed by atoms with van der Waals surface area (Å²) in [6, 6.07) is 3.48. The van der Waals surface area contributed by atoms with Crippen LogP contribution in [0.25, 0.3) is 0 Å². The number of hydrogen-bond donors (Lipinski definition) is 1. The first-order valence-corrected chi connectivity index (χ1v) is 6.16. The van der Waals surface area contributed by atoms with E-state index in [1.165, 1.54) is 7.11 Å². The Balaban J connectivity index is 1.95. The smallest absolute Gasteiger partial charge is 0.373 e. The molecule has 5 heteroatoms. The van der Waals surface area contributed by atoms with Gasteiger partial charge in [-0.15, -0.1) is 0 Å². The number of methoxy groups -OCH3 is 1. The van der Waals surface area contributed by atoms with E-state index in [9.17, 15) is 4.79 Å². The molecule has 0 aliphatic carbocycles. The van der Waals surface area contributed by atoms with E-state index in [0.29, 0.717) is 13.1 Å². The van der Waals surface area contributed by atoms with Gasteiger partial charge in [0.25, 0.3) is 0 Å². The SMILES string of the molecule is COC(=O)c1ccc(CN2CCC(C)(CN)C2)o1. The molecule has 1 saturated heterocycles. The molecule has 2 heterocycles. The van der Waals surface area contributed by atoms with Gasteiger partial charge >= 0.3 is 5.97 Å². The summed E-state index contributed by atoms with van der Waals surface area (Å²) in [7, 11) is 1.34. The molecule has 1 unspecified atom stereocenters. The fourth-order valence-corrected chi connectivity index (χ4v) is 2.32. The Morgan fingerprint density at radius 3 is 3.00 bits per heavy atom. The monoisotopic (exact) mass is 252 g/mol. The number of furan rings is 1. The summed E-state index contributed by atoms with van der Waals surface area (Å²) in [5.41, 5.74) is 5.98. The normalized spacial score (nSPS) is 24.4. The maximum absolute atomic E-state index is 11.3. The van der Waals surface area contributed by atoms with Crippen LogP contribution in [-0.4, -0.2) is 37.6 Å². The molecule has 1 aromatic rings. The molecule has 100 valence electrons. The van der Waals surface area contributed by atoms with Crippen LogP contribution >= 0.6 is 0 Å². The maximum Gasteiger partial charge on any atom is 0.373 e. The van der Waals surface area contributed by atoms with Gasteiger partial charge in [0.1, 0.15) is 5.76 Å². The first-order valence-electron chi connectivity index (χ1n) is 6.16. The molecule has 0 spiro atoms. The number of esters is 1. The molecule has 18 heavy (non-hydrogen) atoms. The van der Waals surface area contributed by atoms with Crippen molar-refractivity contribution in [2.24, 2.45) is 11.1 Å². The fourth-order valence-electron chi connectivity index (χ4n) is 2.32. The van der Waals surface area contributed by atoms with Crippen LogP contribution in [0.3, 0.4) is 0 Å². The largest absolute Gasteiger partial charge is 0.463 e. The van der Waals surface area contributed by atoms with Crippen molar-refractivity contribution in [1.29, 1.82) is 0 Å². The number of likely N-dealkylation sites (tertiary alicyclic amines) is 1. The van der Waals surface area contributed by atoms with Crippen LogP contribution in [0.4, 0.5) is 0 Å². The van der Waals surface area contributed by atoms with Crippen LogP contribution in [0.1, 0.15) is 29.7 Å². The lowest BCUT2D eigenvalue weighted by atomic mass is 9.90. The van der Waals surface area contributed by atoms with Crippen molar-refractivity contribution in [3.8, 4) is 0 Å². The predicted octanol–water partition coefficient (Wildman–Crippen LogP) is 1.24. The molecule has 1 fully saturated rings. The van der Waals surface area contributed by atoms with E-state index in [-0.39, 0.29) is 11.2 Å². The molecule has 1 aliphatic heterocycles. The Labute approximate surface area is 107 Å². The van der Waals surface area contributed by atoms with E-state index in [1.54, 1.807) is 6.07 Å². The molecular formula is C13H20N2O3. The van der Waals surface area contributed by atoms with E-state index in [4.69, 9.17) is 10.2 Å². The molecule has 0 bridgehead atoms. The third-order valence-corrected chi connectivity index (χ3v) is 3.56. The van der Waals surface area contributed by atoms with Crippen molar-refractivity contribution >= 4 is 5.97 Å². The van der Waals surface area contributed by atoms with Crippen LogP contribution in [0, 0.1) is 5.41 Å². The highest BCUT2D eigenvalue weighted by Gasteiger charge is 2.32. The summed E-state index contributed by atoms with van der Waals surface area (Å²) in [5, 5.41) is 0. The average Bonchev–Trinajstić information content (AvgIpc) is 2.97. The number of carbonyl (C=O) groups excluding carboxylic acids is 1. The van der Waals surface area contributed by atoms with Gasteiger partial charge in [-0.25, -0.2) is 4.79 Å². The zero-order chi connectivity index (χ0) is 13.2. The molecule has 2 rings (SSSR count). The lowest BCUT2D eigenvalue weighted by Gasteiger charge is -2.21. The number of nitrogens with zero attached hydrogens (tertiary/aromatic N) is 1. The van der Waals surface area contributed by atoms with Crippen LogP contribution in [0.2, 0.25) is 0 Å². The van der Waals surface area contributed by atoms with Gasteiger partial charge in [0.05, 0.1) is 13.7 Å². The number of carbonyl (C=O) groups is 1. The summed E-state index contributed by atoms with van der Waals surface area (Å²) in [5.74, 6) is 0.611. The zero-order valence-corrected chi connectivity index (χ0v) is 10.9. The highest BCUT2D eigenvalue weighted by molar-refractivity contribution is 5.86. The quantitative estimate of drug-likeness (QED) is 0.816. The van der Waals surface area contributed by atoms with Gasteiger partial charge in [0.15, 0.2) is 0 Å². The Bertz CT molecular complexity index is 430. The second-order valence-corrected chi connectivity index (χ2v) is 5.23. The van der Waals surface area contributed by atoms with Crippen molar-refractivity contribution in [3.63, 3.8) is 0 Å². The fraction of sp³-hybridized carbons (Fsp3) is 0.615. The van der Waals surface area contributed by atoms with Crippen LogP contribution in [0.15, 0.2) is 16.5 Å². The van der Waals surface area contributed by atoms with E-state index < -0.39 is 5.97 Å². The van der Waals surface area contributed by atoms with Gasteiger partial charge in [-0.1, -0.05) is 6.92 Å². The number of nitrogens with two attached hydrogens (primary N) is 1. The summed E-state index contributed by atoms with van der Waals surface area (Å²) < 4.78 is 10.1. The van der Waals surface area contributed by atoms with Crippen LogP contribution in [-0.2, 0) is 11.3 Å². The third kappa shape index (κ3) is 2.73. The summed E-state index contributed by atoms with van der Waals surface area (Å²) in [6.07, 6.45) is 1.11. The Morgan fingerprint density at radius 1 is 1.61 bits per heavy atom. The van der Waals surface area contributed by atoms with Gasteiger partial charge in [-0.05, 0) is 37.1 Å². The summed E-state index contributed by atoms with van der Waals surface area (Å²) >= 11 is 0. The molecule has 0 amide bonds. The standard InChI is InChI=1S/C13H20N2O3/c1-13(8-14)5-6-15(9-13)7-10-3-4-11(18-10)12(16)17-2/h3-4H,5-9,14H2,1-2H3. The van der Waals surface area contributed by atoms with Crippen LogP contribution in [0.5, 0.6) is 0 Å². The highest BCUT2D eigenvalue weighted by atomic mass is 16.5. The van der Waals surface area contributed by atoms with E-state index in [0.717, 1.165) is 25.3 Å². The van der Waals surface area contributed by atoms with E-state index in [1.807, 2.05) is 6.07 Å². The van der Waals surface area contributed by atoms with Gasteiger partial charge < -0.3 is 14.9 Å². The molecule has 1 atom stereocenters. The Hall–Kier alpha value is -1.33. The van der Waals surface area contributed by atoms with Gasteiger partial charge in [0.2, 0.25) is 5.76 Å². The Kier molecular flexibility index (Phi) is 3.73. The van der Waals surface area contributed by atoms with Gasteiger partial charge in [-0.2, -0.15) is 0 Å². The molecule has 1 aromatic heterocycles. The molecule has 0 radical (unpaired) electrons. The molecule has 0 saturated carbocycles. The second-order valence-electron chi connectivity index (χ2n) is 5.23. The van der Waals surface area contributed by atoms with Crippen LogP contribution < -0.4 is 5.73 Å². The first kappa shape index (κ1) is 13.1. The number of hydrogen-bond acceptors (Lipinski definition) is 5. The average molecular weight is 252 g/mol. The lowest BCUT2D eigenvalue weighted by Crippen LogP contribution is -2.31. The minimum Gasteiger partial charge on any atom is -0.463 e. The van der Waals surface area contributed by atoms with Crippen molar-refractivity contribution in [2.45, 2.75) is 19.9 Å². The van der Waals surface area contributed by atoms with Gasteiger partial charge in [-0.3, -0.25) is 4.90 Å². The van der Waals surface area contributed by atoms with Crippen molar-refractivity contribution in [3.05, 3.63) is 23.7 Å². The highest BCUT2D eigenvalue weighted by Crippen LogP contribution is 2.29. The van der Waals surface area contributed by atoms with Crippen molar-refractivity contribution in [2.75, 3.05) is 26.7 Å². The minimum absolute atomic E-state index is 0.206. The molecule has 5 nitrogen and oxygen atoms in total. The molecule has 1 aliphatic rings. The molecule has 0 aromatic carbocycles. The Morgan fingerprint density at radius 2 is 2.39 bits per heavy atom. The molecular weight excluding hydrogens is 232 g/mol. The summed E-state index contributed by atoms with van der Waals surface area (Å²) in [6.45, 7) is 5.61. The van der Waals surface area contributed by atoms with Crippen molar-refractivity contribution < 1.29 is 13.9 Å². The predicted molar refractivity (Wildman–Crippen MR) is 67.1 cm³/mol. The van der Waals surface area contributed by atoms with Gasteiger partial charge in [0, 0.05) is 6.54 Å². The summed E-state index contributed by atoms with van der Waals surface area (Å²) in [4.78, 5) is 13.6. The van der Waals surface area contributed by atoms with E-state index in [2.05, 4.69) is 16.6 Å². The molecule has 2 N–H and O–H groups in total. The topological polar surface area (TPSA) is 68.7 Å². The van der Waals surface area contributed by atoms with Crippen molar-refractivity contribution in [1.82, 2.24) is 4.90 Å².